The Morgan fingerprint density at radius 3 is 2.52 bits per heavy atom. The lowest BCUT2D eigenvalue weighted by atomic mass is 10.2. The van der Waals surface area contributed by atoms with E-state index < -0.39 is 17.6 Å². The van der Waals surface area contributed by atoms with Crippen molar-refractivity contribution in [2.75, 3.05) is 12.4 Å². The molecular weight excluding hydrogens is 430 g/mol. The Labute approximate surface area is 174 Å². The number of aromatic nitrogens is 2. The number of ether oxygens (including phenoxy) is 1. The highest BCUT2D eigenvalue weighted by atomic mass is 35.5. The van der Waals surface area contributed by atoms with Gasteiger partial charge >= 0.3 is 6.18 Å². The quantitative estimate of drug-likeness (QED) is 0.552. The lowest BCUT2D eigenvalue weighted by Crippen LogP contribution is -2.18. The highest BCUT2D eigenvalue weighted by Crippen LogP contribution is 2.34. The summed E-state index contributed by atoms with van der Waals surface area (Å²) in [7, 11) is 1.41. The Morgan fingerprint density at radius 1 is 1.24 bits per heavy atom. The van der Waals surface area contributed by atoms with E-state index in [9.17, 15) is 18.0 Å². The maximum absolute atomic E-state index is 13.2. The molecule has 0 spiro atoms. The largest absolute Gasteiger partial charge is 0.495 e. The molecule has 0 bridgehead atoms. The first-order chi connectivity index (χ1) is 13.6. The number of anilines is 1. The van der Waals surface area contributed by atoms with Crippen LogP contribution in [0.2, 0.25) is 10.0 Å². The fraction of sp³-hybridized carbons (Fsp3) is 0.263. The molecule has 154 valence electrons. The highest BCUT2D eigenvalue weighted by molar-refractivity contribution is 6.33. The number of carbonyl (C=O) groups excluding carboxylic acids is 1. The molecule has 0 aliphatic heterocycles. The van der Waals surface area contributed by atoms with Crippen LogP contribution in [0.1, 0.15) is 34.2 Å². The van der Waals surface area contributed by atoms with Gasteiger partial charge in [-0.25, -0.2) is 4.98 Å². The van der Waals surface area contributed by atoms with Crippen molar-refractivity contribution in [3.63, 3.8) is 0 Å². The number of rotatable bonds is 4. The number of nitrogens with zero attached hydrogens (tertiary/aromatic N) is 2. The first-order valence-electron chi connectivity index (χ1n) is 8.50. The monoisotopic (exact) mass is 445 g/mol. The van der Waals surface area contributed by atoms with Crippen LogP contribution in [0.3, 0.4) is 0 Å². The first kappa shape index (κ1) is 21.3. The summed E-state index contributed by atoms with van der Waals surface area (Å²) in [5.74, 6) is -0.334. The predicted octanol–water partition coefficient (Wildman–Crippen LogP) is 5.79. The van der Waals surface area contributed by atoms with E-state index in [1.54, 1.807) is 26.0 Å². The van der Waals surface area contributed by atoms with Crippen molar-refractivity contribution >= 4 is 40.4 Å². The van der Waals surface area contributed by atoms with E-state index in [1.807, 2.05) is 0 Å². The number of imidazole rings is 1. The van der Waals surface area contributed by atoms with Gasteiger partial charge in [-0.2, -0.15) is 13.2 Å². The van der Waals surface area contributed by atoms with Crippen molar-refractivity contribution in [1.29, 1.82) is 0 Å². The van der Waals surface area contributed by atoms with Gasteiger partial charge in [-0.3, -0.25) is 9.20 Å². The molecule has 0 aliphatic rings. The second kappa shape index (κ2) is 7.76. The second-order valence-electron chi connectivity index (χ2n) is 6.28. The van der Waals surface area contributed by atoms with E-state index in [-0.39, 0.29) is 16.4 Å². The first-order valence-corrected chi connectivity index (χ1v) is 9.25. The number of nitrogens with one attached hydrogen (secondary N) is 1. The van der Waals surface area contributed by atoms with Crippen LogP contribution < -0.4 is 10.1 Å². The topological polar surface area (TPSA) is 55.6 Å². The van der Waals surface area contributed by atoms with Crippen LogP contribution in [-0.4, -0.2) is 22.4 Å². The zero-order valence-corrected chi connectivity index (χ0v) is 17.1. The van der Waals surface area contributed by atoms with Gasteiger partial charge in [-0.05, 0) is 31.0 Å². The number of carbonyl (C=O) groups is 1. The summed E-state index contributed by atoms with van der Waals surface area (Å²) < 4.78 is 46.0. The molecule has 1 aromatic carbocycles. The molecule has 5 nitrogen and oxygen atoms in total. The predicted molar refractivity (Wildman–Crippen MR) is 105 cm³/mol. The SMILES string of the molecule is CCc1nc2c(Cl)cc(C(F)(F)F)cn2c1C(=O)Nc1cc(C)c(Cl)cc1OC. The Balaban J connectivity index is 2.15. The average molecular weight is 446 g/mol. The van der Waals surface area contributed by atoms with Gasteiger partial charge in [0.1, 0.15) is 11.4 Å². The summed E-state index contributed by atoms with van der Waals surface area (Å²) in [6.45, 7) is 3.49. The molecule has 0 radical (unpaired) electrons. The number of alkyl halides is 3. The van der Waals surface area contributed by atoms with Crippen LogP contribution in [0.4, 0.5) is 18.9 Å². The number of aryl methyl sites for hydroxylation is 2. The molecule has 0 unspecified atom stereocenters. The summed E-state index contributed by atoms with van der Waals surface area (Å²) >= 11 is 12.1. The Hall–Kier alpha value is -2.45. The highest BCUT2D eigenvalue weighted by Gasteiger charge is 2.33. The van der Waals surface area contributed by atoms with E-state index in [1.165, 1.54) is 7.11 Å². The molecular formula is C19H16Cl2F3N3O2. The zero-order valence-electron chi connectivity index (χ0n) is 15.6. The van der Waals surface area contributed by atoms with E-state index in [2.05, 4.69) is 10.3 Å². The van der Waals surface area contributed by atoms with Crippen molar-refractivity contribution in [3.8, 4) is 5.75 Å². The minimum Gasteiger partial charge on any atom is -0.495 e. The van der Waals surface area contributed by atoms with Gasteiger partial charge in [-0.15, -0.1) is 0 Å². The smallest absolute Gasteiger partial charge is 0.417 e. The van der Waals surface area contributed by atoms with Crippen molar-refractivity contribution in [2.24, 2.45) is 0 Å². The van der Waals surface area contributed by atoms with Gasteiger partial charge in [0.15, 0.2) is 5.65 Å². The molecule has 10 heteroatoms. The van der Waals surface area contributed by atoms with Gasteiger partial charge in [0.2, 0.25) is 0 Å². The molecule has 1 amide bonds. The van der Waals surface area contributed by atoms with E-state index >= 15 is 0 Å². The lowest BCUT2D eigenvalue weighted by Gasteiger charge is -2.13. The molecule has 0 aliphatic carbocycles. The maximum Gasteiger partial charge on any atom is 0.417 e. The fourth-order valence-corrected chi connectivity index (χ4v) is 3.31. The summed E-state index contributed by atoms with van der Waals surface area (Å²) in [5, 5.41) is 2.92. The van der Waals surface area contributed by atoms with E-state index in [0.29, 0.717) is 34.1 Å². The van der Waals surface area contributed by atoms with Gasteiger partial charge in [0.25, 0.3) is 5.91 Å². The second-order valence-corrected chi connectivity index (χ2v) is 7.10. The zero-order chi connectivity index (χ0) is 21.5. The Kier molecular flexibility index (Phi) is 5.69. The third-order valence-corrected chi connectivity index (χ3v) is 5.04. The van der Waals surface area contributed by atoms with Crippen LogP contribution in [0, 0.1) is 6.92 Å². The summed E-state index contributed by atoms with van der Waals surface area (Å²) in [6, 6.07) is 3.94. The van der Waals surface area contributed by atoms with Crippen LogP contribution in [0.15, 0.2) is 24.4 Å². The van der Waals surface area contributed by atoms with Crippen LogP contribution in [-0.2, 0) is 12.6 Å². The fourth-order valence-electron chi connectivity index (χ4n) is 2.90. The number of hydrogen-bond donors (Lipinski definition) is 1. The van der Waals surface area contributed by atoms with Crippen LogP contribution >= 0.6 is 23.2 Å². The van der Waals surface area contributed by atoms with Crippen molar-refractivity contribution in [2.45, 2.75) is 26.4 Å². The number of amides is 1. The van der Waals surface area contributed by atoms with Gasteiger partial charge in [0.05, 0.1) is 29.1 Å². The number of pyridine rings is 1. The molecule has 1 N–H and O–H groups in total. The molecule has 0 fully saturated rings. The Bertz CT molecular complexity index is 1110. The van der Waals surface area contributed by atoms with Crippen molar-refractivity contribution in [3.05, 3.63) is 57.0 Å². The lowest BCUT2D eigenvalue weighted by molar-refractivity contribution is -0.137. The number of hydrogen-bond acceptors (Lipinski definition) is 3. The Morgan fingerprint density at radius 2 is 1.93 bits per heavy atom. The summed E-state index contributed by atoms with van der Waals surface area (Å²) in [5.41, 5.74) is 0.386. The number of benzene rings is 1. The molecule has 2 heterocycles. The molecule has 3 aromatic rings. The molecule has 29 heavy (non-hydrogen) atoms. The molecule has 3 rings (SSSR count). The minimum absolute atomic E-state index is 0.0369. The normalized spacial score (nSPS) is 11.7. The van der Waals surface area contributed by atoms with Crippen LogP contribution in [0.25, 0.3) is 5.65 Å². The molecule has 0 saturated carbocycles. The van der Waals surface area contributed by atoms with Crippen molar-refractivity contribution in [1.82, 2.24) is 9.38 Å². The number of methoxy groups -OCH3 is 1. The average Bonchev–Trinajstić information content (AvgIpc) is 3.03. The van der Waals surface area contributed by atoms with Crippen LogP contribution in [0.5, 0.6) is 5.75 Å². The standard InChI is InChI=1S/C19H16Cl2F3N3O2/c1-4-13-16(18(28)26-14-5-9(2)11(20)7-15(14)29-3)27-8-10(19(22,23)24)6-12(21)17(27)25-13/h5-8H,4H2,1-3H3,(H,26,28). The van der Waals surface area contributed by atoms with Gasteiger partial charge in [0, 0.05) is 17.3 Å². The number of halogens is 5. The summed E-state index contributed by atoms with van der Waals surface area (Å²) in [6.07, 6.45) is -3.50. The van der Waals surface area contributed by atoms with Gasteiger partial charge in [-0.1, -0.05) is 30.1 Å². The van der Waals surface area contributed by atoms with Gasteiger partial charge < -0.3 is 10.1 Å². The molecule has 0 saturated heterocycles. The van der Waals surface area contributed by atoms with E-state index in [0.717, 1.165) is 16.7 Å². The summed E-state index contributed by atoms with van der Waals surface area (Å²) in [4.78, 5) is 17.3. The van der Waals surface area contributed by atoms with Crippen molar-refractivity contribution < 1.29 is 22.7 Å². The molecule has 0 atom stereocenters. The van der Waals surface area contributed by atoms with E-state index in [4.69, 9.17) is 27.9 Å². The molecule has 2 aromatic heterocycles. The number of fused-ring (bicyclic) bond motifs is 1. The maximum atomic E-state index is 13.2. The minimum atomic E-state index is -4.63. The third kappa shape index (κ3) is 4.00. The third-order valence-electron chi connectivity index (χ3n) is 4.35.